The van der Waals surface area contributed by atoms with Crippen LogP contribution >= 0.6 is 0 Å². The maximum atomic E-state index is 12.4. The lowest BCUT2D eigenvalue weighted by Crippen LogP contribution is -2.61. The zero-order valence-electron chi connectivity index (χ0n) is 13.4. The Morgan fingerprint density at radius 3 is 2.73 bits per heavy atom. The first-order chi connectivity index (χ1) is 10.7. The Bertz CT molecular complexity index is 461. The van der Waals surface area contributed by atoms with Gasteiger partial charge in [0.2, 0.25) is 11.8 Å². The van der Waals surface area contributed by atoms with Crippen LogP contribution in [-0.4, -0.2) is 71.8 Å². The van der Waals surface area contributed by atoms with Crippen molar-refractivity contribution in [2.45, 2.75) is 44.6 Å². The van der Waals surface area contributed by atoms with Gasteiger partial charge in [-0.25, -0.2) is 0 Å². The van der Waals surface area contributed by atoms with E-state index in [4.69, 9.17) is 0 Å². The minimum atomic E-state index is 0.314. The Labute approximate surface area is 132 Å². The molecule has 3 atom stereocenters. The van der Waals surface area contributed by atoms with Gasteiger partial charge in [-0.1, -0.05) is 0 Å². The Hall–Kier alpha value is -1.10. The monoisotopic (exact) mass is 305 g/mol. The molecule has 4 heterocycles. The van der Waals surface area contributed by atoms with Crippen molar-refractivity contribution < 1.29 is 9.59 Å². The minimum Gasteiger partial charge on any atom is -0.342 e. The highest BCUT2D eigenvalue weighted by Crippen LogP contribution is 2.37. The summed E-state index contributed by atoms with van der Waals surface area (Å²) in [7, 11) is 0. The molecular formula is C17H27N3O2. The van der Waals surface area contributed by atoms with E-state index in [1.54, 1.807) is 0 Å². The summed E-state index contributed by atoms with van der Waals surface area (Å²) in [5.74, 6) is 1.84. The second-order valence-corrected chi connectivity index (χ2v) is 7.65. The molecule has 2 amide bonds. The third-order valence-electron chi connectivity index (χ3n) is 6.07. The molecule has 2 bridgehead atoms. The van der Waals surface area contributed by atoms with Gasteiger partial charge >= 0.3 is 0 Å². The molecule has 122 valence electrons. The summed E-state index contributed by atoms with van der Waals surface area (Å²) in [6.07, 6.45) is 6.53. The first-order valence-electron chi connectivity index (χ1n) is 9.00. The lowest BCUT2D eigenvalue weighted by molar-refractivity contribution is -0.146. The van der Waals surface area contributed by atoms with E-state index in [1.807, 2.05) is 4.90 Å². The molecule has 0 radical (unpaired) electrons. The van der Waals surface area contributed by atoms with Crippen LogP contribution in [0.15, 0.2) is 0 Å². The highest BCUT2D eigenvalue weighted by Gasteiger charge is 2.44. The first-order valence-corrected chi connectivity index (χ1v) is 9.00. The number of carbonyl (C=O) groups excluding carboxylic acids is 2. The van der Waals surface area contributed by atoms with Crippen LogP contribution in [0.1, 0.15) is 38.5 Å². The molecule has 0 saturated carbocycles. The lowest BCUT2D eigenvalue weighted by Gasteiger charge is -2.52. The summed E-state index contributed by atoms with van der Waals surface area (Å²) in [6, 6.07) is 0.446. The molecule has 0 aromatic rings. The van der Waals surface area contributed by atoms with Gasteiger partial charge in [-0.2, -0.15) is 0 Å². The molecular weight excluding hydrogens is 278 g/mol. The van der Waals surface area contributed by atoms with E-state index < -0.39 is 0 Å². The van der Waals surface area contributed by atoms with Gasteiger partial charge in [-0.05, 0) is 43.9 Å². The largest absolute Gasteiger partial charge is 0.342 e. The number of hydrogen-bond donors (Lipinski definition) is 0. The SMILES string of the molecule is O=C(CN1C[C@H]2C[C@@H](C1)[C@H]1CCCC(=O)N1C2)N1CCCC1. The fourth-order valence-electron chi connectivity index (χ4n) is 5.10. The first kappa shape index (κ1) is 14.5. The summed E-state index contributed by atoms with van der Waals surface area (Å²) in [5, 5.41) is 0. The van der Waals surface area contributed by atoms with Crippen molar-refractivity contribution in [2.75, 3.05) is 39.3 Å². The summed E-state index contributed by atoms with van der Waals surface area (Å²) in [4.78, 5) is 31.1. The molecule has 0 aliphatic carbocycles. The van der Waals surface area contributed by atoms with Crippen molar-refractivity contribution in [1.29, 1.82) is 0 Å². The highest BCUT2D eigenvalue weighted by molar-refractivity contribution is 5.79. The van der Waals surface area contributed by atoms with Crippen LogP contribution in [0.5, 0.6) is 0 Å². The molecule has 5 heteroatoms. The van der Waals surface area contributed by atoms with Crippen LogP contribution in [0, 0.1) is 11.8 Å². The van der Waals surface area contributed by atoms with Crippen LogP contribution < -0.4 is 0 Å². The topological polar surface area (TPSA) is 43.9 Å². The number of hydrogen-bond acceptors (Lipinski definition) is 3. The van der Waals surface area contributed by atoms with Gasteiger partial charge in [-0.3, -0.25) is 14.5 Å². The van der Waals surface area contributed by atoms with Crippen LogP contribution in [0.3, 0.4) is 0 Å². The van der Waals surface area contributed by atoms with Crippen molar-refractivity contribution in [3.8, 4) is 0 Å². The lowest BCUT2D eigenvalue weighted by atomic mass is 9.76. The average Bonchev–Trinajstić information content (AvgIpc) is 3.03. The Balaban J connectivity index is 1.39. The van der Waals surface area contributed by atoms with Gasteiger partial charge in [0.15, 0.2) is 0 Å². The predicted molar refractivity (Wildman–Crippen MR) is 83.2 cm³/mol. The van der Waals surface area contributed by atoms with Crippen LogP contribution in [-0.2, 0) is 9.59 Å². The Morgan fingerprint density at radius 2 is 1.91 bits per heavy atom. The third-order valence-corrected chi connectivity index (χ3v) is 6.07. The summed E-state index contributed by atoms with van der Waals surface area (Å²) in [5.41, 5.74) is 0. The summed E-state index contributed by atoms with van der Waals surface area (Å²) in [6.45, 7) is 5.41. The molecule has 0 spiro atoms. The molecule has 4 fully saturated rings. The van der Waals surface area contributed by atoms with E-state index >= 15 is 0 Å². The number of fused-ring (bicyclic) bond motifs is 4. The third kappa shape index (κ3) is 2.64. The van der Waals surface area contributed by atoms with E-state index in [9.17, 15) is 9.59 Å². The number of nitrogens with zero attached hydrogens (tertiary/aromatic N) is 3. The molecule has 4 saturated heterocycles. The predicted octanol–water partition coefficient (Wildman–Crippen LogP) is 0.942. The molecule has 0 aromatic heterocycles. The molecule has 0 unspecified atom stereocenters. The maximum Gasteiger partial charge on any atom is 0.236 e. The zero-order chi connectivity index (χ0) is 15.1. The molecule has 0 aromatic carbocycles. The number of rotatable bonds is 2. The van der Waals surface area contributed by atoms with E-state index in [2.05, 4.69) is 9.80 Å². The van der Waals surface area contributed by atoms with Gasteiger partial charge in [0.05, 0.1) is 6.54 Å². The molecule has 5 nitrogen and oxygen atoms in total. The molecule has 4 aliphatic heterocycles. The number of likely N-dealkylation sites (tertiary alicyclic amines) is 2. The normalized spacial score (nSPS) is 35.6. The van der Waals surface area contributed by atoms with Crippen molar-refractivity contribution in [1.82, 2.24) is 14.7 Å². The average molecular weight is 305 g/mol. The quantitative estimate of drug-likeness (QED) is 0.763. The second kappa shape index (κ2) is 5.84. The van der Waals surface area contributed by atoms with Crippen molar-refractivity contribution >= 4 is 11.8 Å². The van der Waals surface area contributed by atoms with Crippen LogP contribution in [0.25, 0.3) is 0 Å². The van der Waals surface area contributed by atoms with E-state index in [-0.39, 0.29) is 0 Å². The van der Waals surface area contributed by atoms with Gasteiger partial charge < -0.3 is 9.80 Å². The van der Waals surface area contributed by atoms with Crippen molar-refractivity contribution in [3.05, 3.63) is 0 Å². The second-order valence-electron chi connectivity index (χ2n) is 7.65. The smallest absolute Gasteiger partial charge is 0.236 e. The van der Waals surface area contributed by atoms with Gasteiger partial charge in [-0.15, -0.1) is 0 Å². The fraction of sp³-hybridized carbons (Fsp3) is 0.882. The standard InChI is InChI=1S/C17H27N3O2/c21-16-5-3-4-15-14-8-13(10-20(15)16)9-18(11-14)12-17(22)19-6-1-2-7-19/h13-15H,1-12H2/t13-,14+,15-/m1/s1. The van der Waals surface area contributed by atoms with Crippen LogP contribution in [0.4, 0.5) is 0 Å². The van der Waals surface area contributed by atoms with Crippen molar-refractivity contribution in [2.24, 2.45) is 11.8 Å². The van der Waals surface area contributed by atoms with E-state index in [0.29, 0.717) is 36.2 Å². The molecule has 4 aliphatic rings. The van der Waals surface area contributed by atoms with Gasteiger partial charge in [0, 0.05) is 45.2 Å². The number of amides is 2. The van der Waals surface area contributed by atoms with E-state index in [0.717, 1.165) is 64.8 Å². The maximum absolute atomic E-state index is 12.4. The van der Waals surface area contributed by atoms with Crippen LogP contribution in [0.2, 0.25) is 0 Å². The van der Waals surface area contributed by atoms with Gasteiger partial charge in [0.1, 0.15) is 0 Å². The molecule has 4 rings (SSSR count). The fourth-order valence-corrected chi connectivity index (χ4v) is 5.10. The number of piperidine rings is 3. The molecule has 0 N–H and O–H groups in total. The highest BCUT2D eigenvalue weighted by atomic mass is 16.2. The minimum absolute atomic E-state index is 0.314. The summed E-state index contributed by atoms with van der Waals surface area (Å²) >= 11 is 0. The Morgan fingerprint density at radius 1 is 1.09 bits per heavy atom. The molecule has 22 heavy (non-hydrogen) atoms. The van der Waals surface area contributed by atoms with E-state index in [1.165, 1.54) is 6.42 Å². The zero-order valence-corrected chi connectivity index (χ0v) is 13.4. The van der Waals surface area contributed by atoms with Gasteiger partial charge in [0.25, 0.3) is 0 Å². The Kier molecular flexibility index (Phi) is 3.84. The summed E-state index contributed by atoms with van der Waals surface area (Å²) < 4.78 is 0. The van der Waals surface area contributed by atoms with Crippen molar-refractivity contribution in [3.63, 3.8) is 0 Å². The number of carbonyl (C=O) groups is 2.